The van der Waals surface area contributed by atoms with Crippen molar-refractivity contribution < 1.29 is 4.39 Å². The van der Waals surface area contributed by atoms with E-state index in [0.717, 1.165) is 69.1 Å². The number of halogens is 1. The topological polar surface area (TPSA) is 63.4 Å². The van der Waals surface area contributed by atoms with Gasteiger partial charge in [-0.1, -0.05) is 50.2 Å². The normalized spacial score (nSPS) is 19.7. The van der Waals surface area contributed by atoms with Crippen molar-refractivity contribution in [2.75, 3.05) is 26.2 Å². The highest BCUT2D eigenvalue weighted by Gasteiger charge is 2.26. The van der Waals surface area contributed by atoms with Crippen LogP contribution in [0.25, 0.3) is 27.8 Å². The smallest absolute Gasteiger partial charge is 0.301 e. The van der Waals surface area contributed by atoms with Gasteiger partial charge in [-0.25, -0.2) is 18.7 Å². The molecule has 0 bridgehead atoms. The van der Waals surface area contributed by atoms with Crippen molar-refractivity contribution >= 4 is 11.0 Å². The zero-order valence-corrected chi connectivity index (χ0v) is 27.6. The van der Waals surface area contributed by atoms with E-state index in [0.29, 0.717) is 17.6 Å². The highest BCUT2D eigenvalue weighted by Crippen LogP contribution is 2.31. The van der Waals surface area contributed by atoms with Gasteiger partial charge < -0.3 is 4.90 Å². The Hall–Kier alpha value is -3.62. The zero-order valence-electron chi connectivity index (χ0n) is 27.6. The van der Waals surface area contributed by atoms with Crippen molar-refractivity contribution in [3.05, 3.63) is 93.0 Å². The molecule has 1 aliphatic carbocycles. The van der Waals surface area contributed by atoms with Gasteiger partial charge in [0, 0.05) is 18.6 Å². The van der Waals surface area contributed by atoms with E-state index in [1.807, 2.05) is 24.3 Å². The highest BCUT2D eigenvalue weighted by molar-refractivity contribution is 5.76. The zero-order chi connectivity index (χ0) is 32.2. The Morgan fingerprint density at radius 3 is 2.41 bits per heavy atom. The molecular formula is C38H48FN5O2. The molecule has 1 atom stereocenters. The van der Waals surface area contributed by atoms with Gasteiger partial charge in [0.05, 0.1) is 17.3 Å². The summed E-state index contributed by atoms with van der Waals surface area (Å²) in [5.74, 6) is -0.0268. The van der Waals surface area contributed by atoms with Crippen LogP contribution in [0.1, 0.15) is 83.7 Å². The number of hydrogen-bond donors (Lipinski definition) is 0. The standard InChI is InChI=1S/C38H48FN5O2/c1-4-19-41(22-18-28(3)42-20-5-6-21-42)26-29-12-14-30(15-13-29)31-8-7-9-34(23-31)43-36-35(24-32(39)25-40-36)37(45)44(38(43)46)33-16-10-27(2)11-17-33/h7-9,12-15,23-25,27-28,33H,4-6,10-11,16-22,26H2,1-3H3. The maximum absolute atomic E-state index is 14.4. The van der Waals surface area contributed by atoms with Crippen molar-refractivity contribution in [3.63, 3.8) is 0 Å². The lowest BCUT2D eigenvalue weighted by atomic mass is 9.87. The average molecular weight is 626 g/mol. The number of pyridine rings is 1. The van der Waals surface area contributed by atoms with Crippen LogP contribution in [0.3, 0.4) is 0 Å². The number of hydrogen-bond acceptors (Lipinski definition) is 5. The van der Waals surface area contributed by atoms with Gasteiger partial charge in [0.25, 0.3) is 5.56 Å². The molecule has 7 nitrogen and oxygen atoms in total. The van der Waals surface area contributed by atoms with Crippen molar-refractivity contribution in [1.29, 1.82) is 0 Å². The lowest BCUT2D eigenvalue weighted by molar-refractivity contribution is 0.197. The summed E-state index contributed by atoms with van der Waals surface area (Å²) in [5, 5.41) is 0.124. The first kappa shape index (κ1) is 32.3. The van der Waals surface area contributed by atoms with Crippen LogP contribution in [-0.4, -0.2) is 56.1 Å². The number of nitrogens with zero attached hydrogens (tertiary/aromatic N) is 5. The summed E-state index contributed by atoms with van der Waals surface area (Å²) in [6.07, 6.45) is 9.46. The molecule has 0 spiro atoms. The molecule has 46 heavy (non-hydrogen) atoms. The van der Waals surface area contributed by atoms with Crippen LogP contribution in [0.2, 0.25) is 0 Å². The van der Waals surface area contributed by atoms with E-state index >= 15 is 0 Å². The minimum absolute atomic E-state index is 0.124. The van der Waals surface area contributed by atoms with Crippen molar-refractivity contribution in [2.24, 2.45) is 5.92 Å². The maximum Gasteiger partial charge on any atom is 0.337 e. The number of fused-ring (bicyclic) bond motifs is 1. The molecule has 244 valence electrons. The van der Waals surface area contributed by atoms with Crippen molar-refractivity contribution in [1.82, 2.24) is 23.9 Å². The highest BCUT2D eigenvalue weighted by atomic mass is 19.1. The molecule has 1 saturated heterocycles. The van der Waals surface area contributed by atoms with Crippen LogP contribution >= 0.6 is 0 Å². The number of rotatable bonds is 11. The molecular weight excluding hydrogens is 577 g/mol. The molecule has 1 saturated carbocycles. The largest absolute Gasteiger partial charge is 0.337 e. The predicted octanol–water partition coefficient (Wildman–Crippen LogP) is 7.19. The number of likely N-dealkylation sites (tertiary alicyclic amines) is 1. The van der Waals surface area contributed by atoms with Crippen LogP contribution in [-0.2, 0) is 6.54 Å². The molecule has 8 heteroatoms. The van der Waals surface area contributed by atoms with Crippen LogP contribution in [0.5, 0.6) is 0 Å². The van der Waals surface area contributed by atoms with E-state index in [-0.39, 0.29) is 17.1 Å². The minimum atomic E-state index is -0.592. The summed E-state index contributed by atoms with van der Waals surface area (Å²) in [6.45, 7) is 12.4. The van der Waals surface area contributed by atoms with Gasteiger partial charge in [-0.15, -0.1) is 0 Å². The number of aromatic nitrogens is 3. The fourth-order valence-electron chi connectivity index (χ4n) is 7.44. The van der Waals surface area contributed by atoms with Gasteiger partial charge in [-0.3, -0.25) is 14.3 Å². The summed E-state index contributed by atoms with van der Waals surface area (Å²) in [7, 11) is 0. The summed E-state index contributed by atoms with van der Waals surface area (Å²) in [4.78, 5) is 37.1. The Morgan fingerprint density at radius 1 is 0.957 bits per heavy atom. The first-order valence-corrected chi connectivity index (χ1v) is 17.3. The Bertz CT molecular complexity index is 1750. The lowest BCUT2D eigenvalue weighted by Crippen LogP contribution is -2.43. The van der Waals surface area contributed by atoms with Crippen LogP contribution < -0.4 is 11.2 Å². The summed E-state index contributed by atoms with van der Waals surface area (Å²) in [6, 6.07) is 18.1. The molecule has 2 aromatic carbocycles. The molecule has 3 heterocycles. The second-order valence-electron chi connectivity index (χ2n) is 13.6. The van der Waals surface area contributed by atoms with E-state index in [4.69, 9.17) is 0 Å². The van der Waals surface area contributed by atoms with Gasteiger partial charge in [0.1, 0.15) is 5.82 Å². The Kier molecular flexibility index (Phi) is 10.1. The first-order chi connectivity index (χ1) is 22.3. The molecule has 4 aromatic rings. The second-order valence-corrected chi connectivity index (χ2v) is 13.6. The monoisotopic (exact) mass is 625 g/mol. The van der Waals surface area contributed by atoms with Gasteiger partial charge in [-0.05, 0) is 125 Å². The molecule has 2 fully saturated rings. The van der Waals surface area contributed by atoms with E-state index in [9.17, 15) is 14.0 Å². The van der Waals surface area contributed by atoms with Crippen LogP contribution in [0.4, 0.5) is 4.39 Å². The lowest BCUT2D eigenvalue weighted by Gasteiger charge is -2.28. The molecule has 0 N–H and O–H groups in total. The third-order valence-electron chi connectivity index (χ3n) is 10.2. The minimum Gasteiger partial charge on any atom is -0.301 e. The number of benzene rings is 2. The molecule has 0 amide bonds. The Labute approximate surface area is 271 Å². The van der Waals surface area contributed by atoms with Gasteiger partial charge >= 0.3 is 5.69 Å². The summed E-state index contributed by atoms with van der Waals surface area (Å²) in [5.41, 5.74) is 3.19. The van der Waals surface area contributed by atoms with Crippen LogP contribution in [0, 0.1) is 11.7 Å². The molecule has 1 aliphatic heterocycles. The Balaban J connectivity index is 1.26. The molecule has 1 unspecified atom stereocenters. The predicted molar refractivity (Wildman–Crippen MR) is 184 cm³/mol. The fourth-order valence-corrected chi connectivity index (χ4v) is 7.44. The molecule has 2 aliphatic rings. The van der Waals surface area contributed by atoms with Crippen LogP contribution in [0.15, 0.2) is 70.4 Å². The van der Waals surface area contributed by atoms with E-state index in [1.165, 1.54) is 53.1 Å². The summed E-state index contributed by atoms with van der Waals surface area (Å²) < 4.78 is 17.2. The van der Waals surface area contributed by atoms with Gasteiger partial charge in [0.2, 0.25) is 0 Å². The second kappa shape index (κ2) is 14.4. The van der Waals surface area contributed by atoms with Gasteiger partial charge in [-0.2, -0.15) is 0 Å². The SMILES string of the molecule is CCCN(CCC(C)N1CCCC1)Cc1ccc(-c2cccc(-n3c(=O)n(C4CCC(C)CC4)c(=O)c4cc(F)cnc43)c2)cc1. The molecule has 0 radical (unpaired) electrons. The maximum atomic E-state index is 14.4. The van der Waals surface area contributed by atoms with E-state index in [1.54, 1.807) is 0 Å². The summed E-state index contributed by atoms with van der Waals surface area (Å²) >= 11 is 0. The third kappa shape index (κ3) is 7.03. The Morgan fingerprint density at radius 2 is 1.70 bits per heavy atom. The van der Waals surface area contributed by atoms with Crippen molar-refractivity contribution in [2.45, 2.75) is 90.8 Å². The fraction of sp³-hybridized carbons (Fsp3) is 0.500. The van der Waals surface area contributed by atoms with Gasteiger partial charge in [0.15, 0.2) is 5.65 Å². The average Bonchev–Trinajstić information content (AvgIpc) is 3.61. The molecule has 6 rings (SSSR count). The van der Waals surface area contributed by atoms with E-state index in [2.05, 4.69) is 59.8 Å². The third-order valence-corrected chi connectivity index (χ3v) is 10.2. The van der Waals surface area contributed by atoms with Crippen molar-refractivity contribution in [3.8, 4) is 16.8 Å². The first-order valence-electron chi connectivity index (χ1n) is 17.3. The molecule has 2 aromatic heterocycles. The van der Waals surface area contributed by atoms with E-state index < -0.39 is 17.1 Å². The quantitative estimate of drug-likeness (QED) is 0.177.